The van der Waals surface area contributed by atoms with Gasteiger partial charge in [0.2, 0.25) is 11.8 Å². The molecule has 0 fully saturated rings. The quantitative estimate of drug-likeness (QED) is 0.819. The van der Waals surface area contributed by atoms with E-state index >= 15 is 0 Å². The predicted octanol–water partition coefficient (Wildman–Crippen LogP) is 2.95. The molecule has 1 aliphatic carbocycles. The second-order valence-corrected chi connectivity index (χ2v) is 5.11. The predicted molar refractivity (Wildman–Crippen MR) is 82.4 cm³/mol. The topological polar surface area (TPSA) is 67.4 Å². The van der Waals surface area contributed by atoms with E-state index in [0.29, 0.717) is 29.5 Å². The Bertz CT molecular complexity index is 567. The molecule has 2 amide bonds. The van der Waals surface area contributed by atoms with E-state index in [4.69, 9.17) is 4.74 Å². The highest BCUT2D eigenvalue weighted by Gasteiger charge is 2.14. The maximum atomic E-state index is 12.0. The SMILES string of the molecule is COc1ccc(NC(=O)C[C@@H]2C=CCC2)cc1NC(C)=O. The summed E-state index contributed by atoms with van der Waals surface area (Å²) in [5.41, 5.74) is 1.19. The van der Waals surface area contributed by atoms with Crippen molar-refractivity contribution in [3.05, 3.63) is 30.4 Å². The number of hydrogen-bond acceptors (Lipinski definition) is 3. The summed E-state index contributed by atoms with van der Waals surface area (Å²) in [4.78, 5) is 23.2. The van der Waals surface area contributed by atoms with Gasteiger partial charge < -0.3 is 15.4 Å². The number of carbonyl (C=O) groups excluding carboxylic acids is 2. The molecule has 112 valence electrons. The summed E-state index contributed by atoms with van der Waals surface area (Å²) in [7, 11) is 1.53. The summed E-state index contributed by atoms with van der Waals surface area (Å²) in [6, 6.07) is 5.17. The number of hydrogen-bond donors (Lipinski definition) is 2. The number of methoxy groups -OCH3 is 1. The van der Waals surface area contributed by atoms with Crippen LogP contribution in [0.3, 0.4) is 0 Å². The number of benzene rings is 1. The molecule has 0 spiro atoms. The molecule has 1 aromatic carbocycles. The fraction of sp³-hybridized carbons (Fsp3) is 0.375. The lowest BCUT2D eigenvalue weighted by Gasteiger charge is -2.13. The maximum Gasteiger partial charge on any atom is 0.224 e. The molecule has 0 heterocycles. The molecule has 1 aliphatic rings. The van der Waals surface area contributed by atoms with E-state index < -0.39 is 0 Å². The van der Waals surface area contributed by atoms with Gasteiger partial charge in [-0.1, -0.05) is 12.2 Å². The summed E-state index contributed by atoms with van der Waals surface area (Å²) in [5.74, 6) is 0.679. The Morgan fingerprint density at radius 2 is 2.14 bits per heavy atom. The molecule has 1 atom stereocenters. The fourth-order valence-electron chi connectivity index (χ4n) is 2.39. The Kier molecular flexibility index (Phi) is 4.98. The van der Waals surface area contributed by atoms with Gasteiger partial charge in [-0.25, -0.2) is 0 Å². The van der Waals surface area contributed by atoms with E-state index in [1.165, 1.54) is 14.0 Å². The zero-order valence-corrected chi connectivity index (χ0v) is 12.3. The van der Waals surface area contributed by atoms with Gasteiger partial charge in [0.1, 0.15) is 5.75 Å². The van der Waals surface area contributed by atoms with Gasteiger partial charge >= 0.3 is 0 Å². The van der Waals surface area contributed by atoms with E-state index in [-0.39, 0.29) is 11.8 Å². The van der Waals surface area contributed by atoms with E-state index in [1.54, 1.807) is 18.2 Å². The Balaban J connectivity index is 2.03. The molecule has 21 heavy (non-hydrogen) atoms. The van der Waals surface area contributed by atoms with Crippen LogP contribution in [-0.4, -0.2) is 18.9 Å². The zero-order chi connectivity index (χ0) is 15.2. The molecular weight excluding hydrogens is 268 g/mol. The van der Waals surface area contributed by atoms with Crippen LogP contribution in [0.1, 0.15) is 26.2 Å². The molecule has 0 bridgehead atoms. The van der Waals surface area contributed by atoms with Crippen molar-refractivity contribution in [2.24, 2.45) is 5.92 Å². The Labute approximate surface area is 124 Å². The van der Waals surface area contributed by atoms with Crippen molar-refractivity contribution in [1.29, 1.82) is 0 Å². The standard InChI is InChI=1S/C16H20N2O3/c1-11(19)17-14-10-13(7-8-15(14)21-2)18-16(20)9-12-5-3-4-6-12/h3,5,7-8,10,12H,4,6,9H2,1-2H3,(H,17,19)(H,18,20)/t12-/m1/s1. The first-order valence-electron chi connectivity index (χ1n) is 7.00. The van der Waals surface area contributed by atoms with Gasteiger partial charge in [0, 0.05) is 19.0 Å². The summed E-state index contributed by atoms with van der Waals surface area (Å²) in [6.07, 6.45) is 6.77. The van der Waals surface area contributed by atoms with Crippen molar-refractivity contribution in [2.45, 2.75) is 26.2 Å². The van der Waals surface area contributed by atoms with Crippen LogP contribution in [-0.2, 0) is 9.59 Å². The first-order valence-corrected chi connectivity index (χ1v) is 7.00. The minimum absolute atomic E-state index is 0.0227. The van der Waals surface area contributed by atoms with Crippen LogP contribution >= 0.6 is 0 Å². The van der Waals surface area contributed by atoms with Gasteiger partial charge in [-0.05, 0) is 37.0 Å². The monoisotopic (exact) mass is 288 g/mol. The summed E-state index contributed by atoms with van der Waals surface area (Å²) in [5, 5.41) is 5.54. The smallest absolute Gasteiger partial charge is 0.224 e. The minimum Gasteiger partial charge on any atom is -0.495 e. The highest BCUT2D eigenvalue weighted by Crippen LogP contribution is 2.28. The number of rotatable bonds is 5. The number of amides is 2. The minimum atomic E-state index is -0.187. The van der Waals surface area contributed by atoms with Crippen molar-refractivity contribution < 1.29 is 14.3 Å². The zero-order valence-electron chi connectivity index (χ0n) is 12.3. The van der Waals surface area contributed by atoms with E-state index in [0.717, 1.165) is 12.8 Å². The molecule has 2 N–H and O–H groups in total. The van der Waals surface area contributed by atoms with Crippen molar-refractivity contribution >= 4 is 23.2 Å². The lowest BCUT2D eigenvalue weighted by atomic mass is 10.1. The van der Waals surface area contributed by atoms with Gasteiger partial charge in [-0.15, -0.1) is 0 Å². The van der Waals surface area contributed by atoms with Crippen molar-refractivity contribution in [3.8, 4) is 5.75 Å². The van der Waals surface area contributed by atoms with Crippen LogP contribution in [0.4, 0.5) is 11.4 Å². The third kappa shape index (κ3) is 4.34. The van der Waals surface area contributed by atoms with Gasteiger partial charge in [-0.2, -0.15) is 0 Å². The third-order valence-electron chi connectivity index (χ3n) is 3.35. The summed E-state index contributed by atoms with van der Waals surface area (Å²) < 4.78 is 5.18. The lowest BCUT2D eigenvalue weighted by molar-refractivity contribution is -0.117. The Morgan fingerprint density at radius 3 is 2.76 bits per heavy atom. The molecule has 1 aromatic rings. The second-order valence-electron chi connectivity index (χ2n) is 5.11. The molecule has 5 nitrogen and oxygen atoms in total. The van der Waals surface area contributed by atoms with Gasteiger partial charge in [0.15, 0.2) is 0 Å². The van der Waals surface area contributed by atoms with Crippen LogP contribution in [0.15, 0.2) is 30.4 Å². The normalized spacial score (nSPS) is 16.6. The summed E-state index contributed by atoms with van der Waals surface area (Å²) >= 11 is 0. The van der Waals surface area contributed by atoms with Crippen molar-refractivity contribution in [2.75, 3.05) is 17.7 Å². The number of carbonyl (C=O) groups is 2. The van der Waals surface area contributed by atoms with E-state index in [9.17, 15) is 9.59 Å². The Hall–Kier alpha value is -2.30. The van der Waals surface area contributed by atoms with Crippen LogP contribution < -0.4 is 15.4 Å². The number of anilines is 2. The molecule has 2 rings (SSSR count). The molecule has 0 radical (unpaired) electrons. The average molecular weight is 288 g/mol. The molecule has 0 saturated carbocycles. The van der Waals surface area contributed by atoms with Crippen LogP contribution in [0.2, 0.25) is 0 Å². The molecule has 0 unspecified atom stereocenters. The molecule has 0 aromatic heterocycles. The number of nitrogens with one attached hydrogen (secondary N) is 2. The fourth-order valence-corrected chi connectivity index (χ4v) is 2.39. The first-order chi connectivity index (χ1) is 10.1. The van der Waals surface area contributed by atoms with E-state index in [2.05, 4.69) is 22.8 Å². The highest BCUT2D eigenvalue weighted by atomic mass is 16.5. The lowest BCUT2D eigenvalue weighted by Crippen LogP contribution is -2.15. The number of allylic oxidation sites excluding steroid dienone is 2. The van der Waals surface area contributed by atoms with Gasteiger partial charge in [0.05, 0.1) is 12.8 Å². The van der Waals surface area contributed by atoms with Crippen molar-refractivity contribution in [3.63, 3.8) is 0 Å². The largest absolute Gasteiger partial charge is 0.495 e. The van der Waals surface area contributed by atoms with Gasteiger partial charge in [0.25, 0.3) is 0 Å². The summed E-state index contributed by atoms with van der Waals surface area (Å²) in [6.45, 7) is 1.43. The first kappa shape index (κ1) is 15.1. The number of ether oxygens (including phenoxy) is 1. The van der Waals surface area contributed by atoms with Crippen LogP contribution in [0.25, 0.3) is 0 Å². The van der Waals surface area contributed by atoms with Crippen LogP contribution in [0, 0.1) is 5.92 Å². The second kappa shape index (κ2) is 6.92. The maximum absolute atomic E-state index is 12.0. The molecule has 5 heteroatoms. The highest BCUT2D eigenvalue weighted by molar-refractivity contribution is 5.94. The Morgan fingerprint density at radius 1 is 1.33 bits per heavy atom. The average Bonchev–Trinajstić information content (AvgIpc) is 2.91. The van der Waals surface area contributed by atoms with Crippen LogP contribution in [0.5, 0.6) is 5.75 Å². The van der Waals surface area contributed by atoms with E-state index in [1.807, 2.05) is 0 Å². The molecule has 0 saturated heterocycles. The van der Waals surface area contributed by atoms with Gasteiger partial charge in [-0.3, -0.25) is 9.59 Å². The molecule has 0 aliphatic heterocycles. The van der Waals surface area contributed by atoms with Crippen molar-refractivity contribution in [1.82, 2.24) is 0 Å². The molecular formula is C16H20N2O3. The third-order valence-corrected chi connectivity index (χ3v) is 3.35.